The molecule has 0 saturated heterocycles. The van der Waals surface area contributed by atoms with Crippen LogP contribution in [0, 0.1) is 5.92 Å². The molecule has 1 fully saturated rings. The van der Waals surface area contributed by atoms with Crippen LogP contribution in [-0.2, 0) is 14.3 Å². The van der Waals surface area contributed by atoms with E-state index in [4.69, 9.17) is 4.74 Å². The van der Waals surface area contributed by atoms with Crippen LogP contribution >= 0.6 is 0 Å². The number of amides is 3. The van der Waals surface area contributed by atoms with Gasteiger partial charge in [-0.2, -0.15) is 0 Å². The number of benzene rings is 1. The molecule has 27 heavy (non-hydrogen) atoms. The number of fused-ring (bicyclic) bond motifs is 1. The third kappa shape index (κ3) is 3.59. The molecule has 1 aromatic rings. The molecule has 1 aliphatic heterocycles. The average Bonchev–Trinajstić information content (AvgIpc) is 3.46. The highest BCUT2D eigenvalue weighted by atomic mass is 16.5. The SMILES string of the molecule is CCOC(=O)C(C)CN(C(=O)C(C)N1C(=O)c2ccccc2C1=O)C1CC1. The smallest absolute Gasteiger partial charge is 0.310 e. The van der Waals surface area contributed by atoms with Gasteiger partial charge in [-0.1, -0.05) is 19.1 Å². The van der Waals surface area contributed by atoms with Gasteiger partial charge >= 0.3 is 5.97 Å². The van der Waals surface area contributed by atoms with E-state index in [-0.39, 0.29) is 31.1 Å². The minimum Gasteiger partial charge on any atom is -0.466 e. The number of rotatable bonds is 7. The van der Waals surface area contributed by atoms with E-state index in [2.05, 4.69) is 0 Å². The molecule has 2 aliphatic rings. The number of imide groups is 1. The molecule has 1 aromatic carbocycles. The molecular weight excluding hydrogens is 348 g/mol. The zero-order chi connectivity index (χ0) is 19.7. The van der Waals surface area contributed by atoms with Crippen molar-refractivity contribution < 1.29 is 23.9 Å². The van der Waals surface area contributed by atoms with Crippen molar-refractivity contribution >= 4 is 23.7 Å². The van der Waals surface area contributed by atoms with Gasteiger partial charge in [0.2, 0.25) is 5.91 Å². The molecular formula is C20H24N2O5. The first-order chi connectivity index (χ1) is 12.9. The summed E-state index contributed by atoms with van der Waals surface area (Å²) in [4.78, 5) is 53.0. The van der Waals surface area contributed by atoms with Gasteiger partial charge in [-0.15, -0.1) is 0 Å². The van der Waals surface area contributed by atoms with Crippen molar-refractivity contribution in [3.8, 4) is 0 Å². The van der Waals surface area contributed by atoms with Crippen LogP contribution in [0.5, 0.6) is 0 Å². The van der Waals surface area contributed by atoms with Crippen LogP contribution in [0.4, 0.5) is 0 Å². The van der Waals surface area contributed by atoms with E-state index in [1.807, 2.05) is 0 Å². The average molecular weight is 372 g/mol. The van der Waals surface area contributed by atoms with Crippen LogP contribution in [-0.4, -0.2) is 58.7 Å². The Labute approximate surface area is 158 Å². The molecule has 1 heterocycles. The van der Waals surface area contributed by atoms with Gasteiger partial charge in [0, 0.05) is 12.6 Å². The van der Waals surface area contributed by atoms with Crippen molar-refractivity contribution in [3.05, 3.63) is 35.4 Å². The largest absolute Gasteiger partial charge is 0.466 e. The van der Waals surface area contributed by atoms with Crippen LogP contribution < -0.4 is 0 Å². The topological polar surface area (TPSA) is 84.0 Å². The summed E-state index contributed by atoms with van der Waals surface area (Å²) in [5.41, 5.74) is 0.639. The maximum absolute atomic E-state index is 13.1. The fourth-order valence-corrected chi connectivity index (χ4v) is 3.37. The zero-order valence-corrected chi connectivity index (χ0v) is 15.8. The second-order valence-corrected chi connectivity index (χ2v) is 7.08. The van der Waals surface area contributed by atoms with Crippen LogP contribution in [0.3, 0.4) is 0 Å². The molecule has 3 amide bonds. The zero-order valence-electron chi connectivity index (χ0n) is 15.8. The molecule has 0 N–H and O–H groups in total. The summed E-state index contributed by atoms with van der Waals surface area (Å²) in [7, 11) is 0. The molecule has 144 valence electrons. The van der Waals surface area contributed by atoms with Gasteiger partial charge in [0.05, 0.1) is 23.7 Å². The quantitative estimate of drug-likeness (QED) is 0.539. The summed E-state index contributed by atoms with van der Waals surface area (Å²) in [6.07, 6.45) is 1.71. The van der Waals surface area contributed by atoms with Crippen molar-refractivity contribution in [2.24, 2.45) is 5.92 Å². The Balaban J connectivity index is 1.76. The first-order valence-corrected chi connectivity index (χ1v) is 9.30. The minimum absolute atomic E-state index is 0.0482. The lowest BCUT2D eigenvalue weighted by Crippen LogP contribution is -2.51. The molecule has 2 atom stereocenters. The molecule has 7 nitrogen and oxygen atoms in total. The Bertz CT molecular complexity index is 751. The lowest BCUT2D eigenvalue weighted by atomic mass is 10.1. The number of esters is 1. The monoisotopic (exact) mass is 372 g/mol. The molecule has 0 spiro atoms. The standard InChI is InChI=1S/C20H24N2O5/c1-4-27-20(26)12(2)11-21(14-9-10-14)17(23)13(3)22-18(24)15-7-5-6-8-16(15)19(22)25/h5-8,12-14H,4,9-11H2,1-3H3. The van der Waals surface area contributed by atoms with Crippen LogP contribution in [0.2, 0.25) is 0 Å². The molecule has 3 rings (SSSR count). The Hall–Kier alpha value is -2.70. The van der Waals surface area contributed by atoms with Crippen molar-refractivity contribution in [2.45, 2.75) is 45.7 Å². The van der Waals surface area contributed by atoms with Gasteiger partial charge in [0.15, 0.2) is 0 Å². The second-order valence-electron chi connectivity index (χ2n) is 7.08. The highest BCUT2D eigenvalue weighted by Crippen LogP contribution is 2.31. The lowest BCUT2D eigenvalue weighted by molar-refractivity contribution is -0.149. The van der Waals surface area contributed by atoms with Crippen LogP contribution in [0.1, 0.15) is 54.3 Å². The molecule has 7 heteroatoms. The van der Waals surface area contributed by atoms with Crippen molar-refractivity contribution in [2.75, 3.05) is 13.2 Å². The van der Waals surface area contributed by atoms with Gasteiger partial charge in [-0.25, -0.2) is 0 Å². The Morgan fingerprint density at radius 1 is 1.15 bits per heavy atom. The fraction of sp³-hybridized carbons (Fsp3) is 0.500. The Morgan fingerprint density at radius 2 is 1.70 bits per heavy atom. The van der Waals surface area contributed by atoms with E-state index >= 15 is 0 Å². The molecule has 1 aliphatic carbocycles. The van der Waals surface area contributed by atoms with Crippen molar-refractivity contribution in [1.82, 2.24) is 9.80 Å². The summed E-state index contributed by atoms with van der Waals surface area (Å²) in [6, 6.07) is 5.69. The lowest BCUT2D eigenvalue weighted by Gasteiger charge is -2.31. The highest BCUT2D eigenvalue weighted by molar-refractivity contribution is 6.22. The van der Waals surface area contributed by atoms with E-state index in [0.29, 0.717) is 11.1 Å². The number of carbonyl (C=O) groups is 4. The van der Waals surface area contributed by atoms with E-state index in [1.54, 1.807) is 49.9 Å². The van der Waals surface area contributed by atoms with E-state index in [1.165, 1.54) is 0 Å². The first kappa shape index (κ1) is 19.1. The number of ether oxygens (including phenoxy) is 1. The maximum atomic E-state index is 13.1. The van der Waals surface area contributed by atoms with Gasteiger partial charge in [0.25, 0.3) is 11.8 Å². The molecule has 1 saturated carbocycles. The number of carbonyl (C=O) groups excluding carboxylic acids is 4. The predicted molar refractivity (Wildman–Crippen MR) is 96.9 cm³/mol. The van der Waals surface area contributed by atoms with Crippen LogP contribution in [0.15, 0.2) is 24.3 Å². The fourth-order valence-electron chi connectivity index (χ4n) is 3.37. The van der Waals surface area contributed by atoms with E-state index in [0.717, 1.165) is 17.7 Å². The number of nitrogens with zero attached hydrogens (tertiary/aromatic N) is 2. The first-order valence-electron chi connectivity index (χ1n) is 9.30. The normalized spacial score (nSPS) is 18.1. The van der Waals surface area contributed by atoms with Crippen molar-refractivity contribution in [1.29, 1.82) is 0 Å². The summed E-state index contributed by atoms with van der Waals surface area (Å²) < 4.78 is 5.03. The summed E-state index contributed by atoms with van der Waals surface area (Å²) in [6.45, 7) is 5.52. The summed E-state index contributed by atoms with van der Waals surface area (Å²) in [5.74, 6) is -2.05. The van der Waals surface area contributed by atoms with Crippen LogP contribution in [0.25, 0.3) is 0 Å². The second kappa shape index (κ2) is 7.50. The predicted octanol–water partition coefficient (Wildman–Crippen LogP) is 1.86. The van der Waals surface area contributed by atoms with Gasteiger partial charge in [-0.05, 0) is 38.8 Å². The third-order valence-electron chi connectivity index (χ3n) is 5.00. The third-order valence-corrected chi connectivity index (χ3v) is 5.00. The highest BCUT2D eigenvalue weighted by Gasteiger charge is 2.44. The summed E-state index contributed by atoms with van der Waals surface area (Å²) in [5, 5.41) is 0. The number of hydrogen-bond acceptors (Lipinski definition) is 5. The maximum Gasteiger partial charge on any atom is 0.310 e. The minimum atomic E-state index is -0.924. The number of hydrogen-bond donors (Lipinski definition) is 0. The Kier molecular flexibility index (Phi) is 5.30. The van der Waals surface area contributed by atoms with Crippen molar-refractivity contribution in [3.63, 3.8) is 0 Å². The van der Waals surface area contributed by atoms with Gasteiger partial charge in [-0.3, -0.25) is 24.1 Å². The van der Waals surface area contributed by atoms with E-state index in [9.17, 15) is 19.2 Å². The van der Waals surface area contributed by atoms with E-state index < -0.39 is 23.8 Å². The summed E-state index contributed by atoms with van der Waals surface area (Å²) >= 11 is 0. The van der Waals surface area contributed by atoms with Gasteiger partial charge in [0.1, 0.15) is 6.04 Å². The Morgan fingerprint density at radius 3 is 2.19 bits per heavy atom. The van der Waals surface area contributed by atoms with Gasteiger partial charge < -0.3 is 9.64 Å². The molecule has 0 aromatic heterocycles. The molecule has 0 bridgehead atoms. The molecule has 0 radical (unpaired) electrons. The molecule has 2 unspecified atom stereocenters.